The van der Waals surface area contributed by atoms with Crippen molar-refractivity contribution in [3.8, 4) is 5.88 Å². The van der Waals surface area contributed by atoms with Gasteiger partial charge < -0.3 is 15.8 Å². The summed E-state index contributed by atoms with van der Waals surface area (Å²) in [6, 6.07) is 3.75. The van der Waals surface area contributed by atoms with Crippen LogP contribution in [0, 0.1) is 0 Å². The topological polar surface area (TPSA) is 60.2 Å². The van der Waals surface area contributed by atoms with Crippen LogP contribution < -0.4 is 15.8 Å². The van der Waals surface area contributed by atoms with Crippen molar-refractivity contribution in [3.05, 3.63) is 12.1 Å². The first kappa shape index (κ1) is 17.0. The Labute approximate surface area is 126 Å². The molecule has 0 aliphatic heterocycles. The lowest BCUT2D eigenvalue weighted by Crippen LogP contribution is -2.32. The molecule has 0 saturated heterocycles. The van der Waals surface area contributed by atoms with Crippen LogP contribution in [0.15, 0.2) is 12.1 Å². The van der Waals surface area contributed by atoms with Crippen LogP contribution in [-0.2, 0) is 0 Å². The maximum Gasteiger partial charge on any atom is 0.239 e. The number of hydrogen-bond donors (Lipinski definition) is 2. The molecule has 0 radical (unpaired) electrons. The van der Waals surface area contributed by atoms with Crippen molar-refractivity contribution in [3.63, 3.8) is 0 Å². The lowest BCUT2D eigenvalue weighted by molar-refractivity contribution is 0.307. The van der Waals surface area contributed by atoms with E-state index in [1.807, 2.05) is 23.9 Å². The number of nitrogen functional groups attached to an aromatic ring is 1. The number of anilines is 2. The van der Waals surface area contributed by atoms with Crippen molar-refractivity contribution < 1.29 is 4.74 Å². The molecule has 20 heavy (non-hydrogen) atoms. The van der Waals surface area contributed by atoms with E-state index in [2.05, 4.69) is 37.3 Å². The highest BCUT2D eigenvalue weighted by atomic mass is 32.2. The second kappa shape index (κ2) is 8.25. The Kier molecular flexibility index (Phi) is 6.99. The summed E-state index contributed by atoms with van der Waals surface area (Å²) in [5.41, 5.74) is 6.46. The molecule has 0 spiro atoms. The summed E-state index contributed by atoms with van der Waals surface area (Å²) >= 11 is 1.91. The summed E-state index contributed by atoms with van der Waals surface area (Å²) in [5.74, 6) is 1.35. The van der Waals surface area contributed by atoms with E-state index in [1.54, 1.807) is 0 Å². The summed E-state index contributed by atoms with van der Waals surface area (Å²) < 4.78 is 5.81. The van der Waals surface area contributed by atoms with E-state index < -0.39 is 0 Å². The van der Waals surface area contributed by atoms with Crippen molar-refractivity contribution in [1.82, 2.24) is 4.98 Å². The molecule has 0 aliphatic carbocycles. The Morgan fingerprint density at radius 3 is 2.55 bits per heavy atom. The highest BCUT2D eigenvalue weighted by Crippen LogP contribution is 2.31. The molecule has 1 aromatic rings. The minimum absolute atomic E-state index is 0.257. The molecule has 1 aromatic heterocycles. The van der Waals surface area contributed by atoms with Gasteiger partial charge in [0.15, 0.2) is 0 Å². The van der Waals surface area contributed by atoms with E-state index >= 15 is 0 Å². The zero-order chi connectivity index (χ0) is 15.0. The molecular formula is C15H27N3OS. The van der Waals surface area contributed by atoms with Gasteiger partial charge in [0, 0.05) is 11.3 Å². The molecule has 0 unspecified atom stereocenters. The molecule has 0 amide bonds. The third-order valence-electron chi connectivity index (χ3n) is 3.65. The molecule has 0 bridgehead atoms. The predicted molar refractivity (Wildman–Crippen MR) is 89.8 cm³/mol. The number of nitrogens with one attached hydrogen (secondary N) is 1. The maximum absolute atomic E-state index is 5.87. The quantitative estimate of drug-likeness (QED) is 0.726. The molecule has 0 atom stereocenters. The molecule has 0 aliphatic rings. The third kappa shape index (κ3) is 4.47. The molecule has 1 heterocycles. The highest BCUT2D eigenvalue weighted by molar-refractivity contribution is 8.00. The smallest absolute Gasteiger partial charge is 0.239 e. The van der Waals surface area contributed by atoms with E-state index in [0.29, 0.717) is 18.2 Å². The Hall–Kier alpha value is -1.10. The SMILES string of the molecule is CCCOc1nc(NCC(CC)(CC)SC)ccc1N. The molecular weight excluding hydrogens is 270 g/mol. The van der Waals surface area contributed by atoms with Gasteiger partial charge in [-0.15, -0.1) is 0 Å². The molecule has 1 rings (SSSR count). The normalized spacial score (nSPS) is 11.4. The number of nitrogens with two attached hydrogens (primary N) is 1. The fraction of sp³-hybridized carbons (Fsp3) is 0.667. The van der Waals surface area contributed by atoms with Crippen LogP contribution in [0.3, 0.4) is 0 Å². The average molecular weight is 297 g/mol. The van der Waals surface area contributed by atoms with Gasteiger partial charge in [0.2, 0.25) is 5.88 Å². The molecule has 3 N–H and O–H groups in total. The van der Waals surface area contributed by atoms with Crippen molar-refractivity contribution in [2.75, 3.05) is 30.5 Å². The molecule has 0 saturated carbocycles. The van der Waals surface area contributed by atoms with Crippen LogP contribution in [0.4, 0.5) is 11.5 Å². The first-order chi connectivity index (χ1) is 9.60. The van der Waals surface area contributed by atoms with Crippen LogP contribution in [0.25, 0.3) is 0 Å². The minimum atomic E-state index is 0.257. The van der Waals surface area contributed by atoms with E-state index in [4.69, 9.17) is 10.5 Å². The Bertz CT molecular complexity index is 400. The predicted octanol–water partition coefficient (Wildman–Crippen LogP) is 3.79. The Morgan fingerprint density at radius 2 is 2.00 bits per heavy atom. The van der Waals surface area contributed by atoms with Crippen molar-refractivity contribution in [2.24, 2.45) is 0 Å². The minimum Gasteiger partial charge on any atom is -0.476 e. The summed E-state index contributed by atoms with van der Waals surface area (Å²) in [5, 5.41) is 3.41. The molecule has 5 heteroatoms. The Balaban J connectivity index is 2.72. The third-order valence-corrected chi connectivity index (χ3v) is 5.23. The summed E-state index contributed by atoms with van der Waals surface area (Å²) in [6.07, 6.45) is 5.37. The Morgan fingerprint density at radius 1 is 1.30 bits per heavy atom. The van der Waals surface area contributed by atoms with E-state index in [-0.39, 0.29) is 4.75 Å². The van der Waals surface area contributed by atoms with Crippen molar-refractivity contribution >= 4 is 23.3 Å². The summed E-state index contributed by atoms with van der Waals surface area (Å²) in [4.78, 5) is 4.45. The fourth-order valence-electron chi connectivity index (χ4n) is 1.98. The number of rotatable bonds is 9. The number of hydrogen-bond acceptors (Lipinski definition) is 5. The number of thioether (sulfide) groups is 1. The monoisotopic (exact) mass is 297 g/mol. The van der Waals surface area contributed by atoms with Crippen LogP contribution in [-0.4, -0.2) is 29.1 Å². The second-order valence-electron chi connectivity index (χ2n) is 4.89. The summed E-state index contributed by atoms with van der Waals surface area (Å²) in [7, 11) is 0. The van der Waals surface area contributed by atoms with Crippen LogP contribution in [0.5, 0.6) is 5.88 Å². The van der Waals surface area contributed by atoms with E-state index in [0.717, 1.165) is 31.6 Å². The van der Waals surface area contributed by atoms with Gasteiger partial charge in [0.25, 0.3) is 0 Å². The zero-order valence-corrected chi connectivity index (χ0v) is 13.8. The number of nitrogens with zero attached hydrogens (tertiary/aromatic N) is 1. The lowest BCUT2D eigenvalue weighted by Gasteiger charge is -2.30. The lowest BCUT2D eigenvalue weighted by atomic mass is 10.0. The largest absolute Gasteiger partial charge is 0.476 e. The molecule has 0 fully saturated rings. The van der Waals surface area contributed by atoms with E-state index in [9.17, 15) is 0 Å². The first-order valence-corrected chi connectivity index (χ1v) is 8.51. The van der Waals surface area contributed by atoms with E-state index in [1.165, 1.54) is 0 Å². The van der Waals surface area contributed by atoms with Gasteiger partial charge in [-0.2, -0.15) is 16.7 Å². The van der Waals surface area contributed by atoms with Gasteiger partial charge in [0.1, 0.15) is 5.82 Å². The second-order valence-corrected chi connectivity index (χ2v) is 6.16. The number of pyridine rings is 1. The fourth-order valence-corrected chi connectivity index (χ4v) is 2.77. The van der Waals surface area contributed by atoms with Crippen LogP contribution in [0.1, 0.15) is 40.0 Å². The van der Waals surface area contributed by atoms with Gasteiger partial charge in [-0.25, -0.2) is 0 Å². The first-order valence-electron chi connectivity index (χ1n) is 7.29. The van der Waals surface area contributed by atoms with Crippen LogP contribution >= 0.6 is 11.8 Å². The van der Waals surface area contributed by atoms with Crippen molar-refractivity contribution in [1.29, 1.82) is 0 Å². The number of aromatic nitrogens is 1. The highest BCUT2D eigenvalue weighted by Gasteiger charge is 2.24. The van der Waals surface area contributed by atoms with Crippen molar-refractivity contribution in [2.45, 2.75) is 44.8 Å². The summed E-state index contributed by atoms with van der Waals surface area (Å²) in [6.45, 7) is 8.06. The van der Waals surface area contributed by atoms with Gasteiger partial charge >= 0.3 is 0 Å². The van der Waals surface area contributed by atoms with Gasteiger partial charge in [0.05, 0.1) is 12.3 Å². The number of ether oxygens (including phenoxy) is 1. The maximum atomic E-state index is 5.87. The molecule has 0 aromatic carbocycles. The van der Waals surface area contributed by atoms with Gasteiger partial charge in [-0.1, -0.05) is 20.8 Å². The molecule has 4 nitrogen and oxygen atoms in total. The average Bonchev–Trinajstić information content (AvgIpc) is 2.49. The van der Waals surface area contributed by atoms with Crippen LogP contribution in [0.2, 0.25) is 0 Å². The standard InChI is InChI=1S/C15H27N3OS/c1-5-10-19-14-12(16)8-9-13(18-14)17-11-15(6-2,7-3)20-4/h8-9H,5-7,10-11,16H2,1-4H3,(H,17,18). The zero-order valence-electron chi connectivity index (χ0n) is 13.0. The molecule has 114 valence electrons. The van der Waals surface area contributed by atoms with Gasteiger partial charge in [-0.05, 0) is 37.7 Å². The van der Waals surface area contributed by atoms with Gasteiger partial charge in [-0.3, -0.25) is 0 Å².